The van der Waals surface area contributed by atoms with E-state index in [0.29, 0.717) is 6.61 Å². The molecule has 1 saturated carbocycles. The molecular formula is C14H24N2OS. The van der Waals surface area contributed by atoms with Crippen LogP contribution in [0.15, 0.2) is 10.9 Å². The lowest BCUT2D eigenvalue weighted by molar-refractivity contribution is 0.0660. The largest absolute Gasteiger partial charge is 0.396 e. The summed E-state index contributed by atoms with van der Waals surface area (Å²) in [7, 11) is 2.14. The first-order chi connectivity index (χ1) is 8.74. The molecule has 0 aliphatic heterocycles. The lowest BCUT2D eigenvalue weighted by Gasteiger charge is -2.34. The summed E-state index contributed by atoms with van der Waals surface area (Å²) >= 11 is 1.65. The van der Waals surface area contributed by atoms with E-state index in [1.165, 1.54) is 38.5 Å². The van der Waals surface area contributed by atoms with Gasteiger partial charge >= 0.3 is 0 Å². The van der Waals surface area contributed by atoms with E-state index in [1.54, 1.807) is 11.3 Å². The van der Waals surface area contributed by atoms with Crippen molar-refractivity contribution in [3.05, 3.63) is 16.6 Å². The number of nitrogens with zero attached hydrogens (tertiary/aromatic N) is 2. The van der Waals surface area contributed by atoms with Gasteiger partial charge in [-0.05, 0) is 19.9 Å². The van der Waals surface area contributed by atoms with Crippen LogP contribution in [0.3, 0.4) is 0 Å². The Hall–Kier alpha value is -0.450. The maximum absolute atomic E-state index is 9.80. The summed E-state index contributed by atoms with van der Waals surface area (Å²) in [5.74, 6) is 0. The molecule has 0 aromatic carbocycles. The molecule has 102 valence electrons. The Kier molecular flexibility index (Phi) is 5.15. The average molecular weight is 268 g/mol. The van der Waals surface area contributed by atoms with Gasteiger partial charge in [-0.15, -0.1) is 11.3 Å². The molecule has 0 radical (unpaired) electrons. The predicted octanol–water partition coefficient (Wildman–Crippen LogP) is 2.91. The fraction of sp³-hybridized carbons (Fsp3) is 0.786. The summed E-state index contributed by atoms with van der Waals surface area (Å²) in [6, 6.07) is 0. The Morgan fingerprint density at radius 1 is 1.33 bits per heavy atom. The molecule has 4 heteroatoms. The van der Waals surface area contributed by atoms with Crippen molar-refractivity contribution < 1.29 is 5.11 Å². The van der Waals surface area contributed by atoms with Crippen molar-refractivity contribution in [1.29, 1.82) is 0 Å². The van der Waals surface area contributed by atoms with Crippen LogP contribution >= 0.6 is 11.3 Å². The van der Waals surface area contributed by atoms with Crippen molar-refractivity contribution in [3.8, 4) is 0 Å². The van der Waals surface area contributed by atoms with Crippen LogP contribution in [-0.4, -0.2) is 35.2 Å². The summed E-state index contributed by atoms with van der Waals surface area (Å²) in [5.41, 5.74) is 3.15. The van der Waals surface area contributed by atoms with Gasteiger partial charge in [0, 0.05) is 30.5 Å². The number of hydrogen-bond donors (Lipinski definition) is 1. The molecule has 18 heavy (non-hydrogen) atoms. The molecule has 0 atom stereocenters. The van der Waals surface area contributed by atoms with Crippen molar-refractivity contribution in [2.24, 2.45) is 5.41 Å². The molecule has 0 spiro atoms. The zero-order valence-electron chi connectivity index (χ0n) is 11.3. The van der Waals surface area contributed by atoms with Crippen molar-refractivity contribution >= 4 is 11.3 Å². The van der Waals surface area contributed by atoms with Gasteiger partial charge in [-0.2, -0.15) is 0 Å². The molecule has 2 rings (SSSR count). The lowest BCUT2D eigenvalue weighted by Crippen LogP contribution is -2.38. The molecule has 1 aliphatic carbocycles. The first-order valence-electron chi connectivity index (χ1n) is 6.91. The van der Waals surface area contributed by atoms with Crippen molar-refractivity contribution in [2.45, 2.75) is 45.1 Å². The molecule has 0 bridgehead atoms. The second kappa shape index (κ2) is 6.64. The highest BCUT2D eigenvalue weighted by Crippen LogP contribution is 2.35. The number of hydrogen-bond acceptors (Lipinski definition) is 4. The summed E-state index contributed by atoms with van der Waals surface area (Å²) in [6.07, 6.45) is 7.54. The third kappa shape index (κ3) is 3.77. The fourth-order valence-corrected chi connectivity index (χ4v) is 3.62. The second-order valence-corrected chi connectivity index (χ2v) is 6.44. The van der Waals surface area contributed by atoms with Crippen LogP contribution in [0.2, 0.25) is 0 Å². The van der Waals surface area contributed by atoms with Crippen LogP contribution in [0.4, 0.5) is 0 Å². The molecule has 1 fully saturated rings. The number of aromatic nitrogens is 1. The molecule has 1 N–H and O–H groups in total. The number of rotatable bonds is 5. The molecule has 0 saturated heterocycles. The van der Waals surface area contributed by atoms with Crippen LogP contribution in [0.25, 0.3) is 0 Å². The molecule has 0 unspecified atom stereocenters. The Bertz CT molecular complexity index is 332. The van der Waals surface area contributed by atoms with E-state index in [2.05, 4.69) is 22.3 Å². The molecule has 0 amide bonds. The van der Waals surface area contributed by atoms with Crippen LogP contribution in [-0.2, 0) is 6.54 Å². The summed E-state index contributed by atoms with van der Waals surface area (Å²) in [5, 5.41) is 11.9. The van der Waals surface area contributed by atoms with Gasteiger partial charge in [-0.3, -0.25) is 4.90 Å². The van der Waals surface area contributed by atoms with Crippen molar-refractivity contribution in [2.75, 3.05) is 20.2 Å². The highest BCUT2D eigenvalue weighted by Gasteiger charge is 2.31. The third-order valence-corrected chi connectivity index (χ3v) is 4.66. The Morgan fingerprint density at radius 2 is 2.06 bits per heavy atom. The SMILES string of the molecule is CN(Cc1cscn1)CC1(CO)CCCCCC1. The average Bonchev–Trinajstić information content (AvgIpc) is 2.74. The van der Waals surface area contributed by atoms with E-state index in [4.69, 9.17) is 0 Å². The summed E-state index contributed by atoms with van der Waals surface area (Å²) in [4.78, 5) is 6.65. The summed E-state index contributed by atoms with van der Waals surface area (Å²) in [6.45, 7) is 2.21. The Labute approximate surface area is 114 Å². The van der Waals surface area contributed by atoms with Gasteiger partial charge in [0.25, 0.3) is 0 Å². The quantitative estimate of drug-likeness (QED) is 0.834. The molecule has 3 nitrogen and oxygen atoms in total. The molecule has 1 aromatic heterocycles. The van der Waals surface area contributed by atoms with E-state index >= 15 is 0 Å². The number of thiazole rings is 1. The van der Waals surface area contributed by atoms with Crippen LogP contribution < -0.4 is 0 Å². The first kappa shape index (κ1) is 14.0. The van der Waals surface area contributed by atoms with Gasteiger partial charge in [-0.25, -0.2) is 4.98 Å². The Morgan fingerprint density at radius 3 is 2.61 bits per heavy atom. The van der Waals surface area contributed by atoms with E-state index in [9.17, 15) is 5.11 Å². The first-order valence-corrected chi connectivity index (χ1v) is 7.85. The van der Waals surface area contributed by atoms with E-state index in [0.717, 1.165) is 18.8 Å². The van der Waals surface area contributed by atoms with Gasteiger partial charge in [0.15, 0.2) is 0 Å². The molecule has 1 aromatic rings. The monoisotopic (exact) mass is 268 g/mol. The minimum absolute atomic E-state index is 0.126. The maximum Gasteiger partial charge on any atom is 0.0795 e. The third-order valence-electron chi connectivity index (χ3n) is 4.02. The maximum atomic E-state index is 9.80. The van der Waals surface area contributed by atoms with Crippen molar-refractivity contribution in [1.82, 2.24) is 9.88 Å². The van der Waals surface area contributed by atoms with Gasteiger partial charge in [0.2, 0.25) is 0 Å². The van der Waals surface area contributed by atoms with Gasteiger partial charge < -0.3 is 5.11 Å². The normalized spacial score (nSPS) is 19.9. The van der Waals surface area contributed by atoms with Crippen molar-refractivity contribution in [3.63, 3.8) is 0 Å². The standard InChI is InChI=1S/C14H24N2OS/c1-16(8-13-9-18-12-15-13)10-14(11-17)6-4-2-3-5-7-14/h9,12,17H,2-8,10-11H2,1H3. The zero-order chi connectivity index (χ0) is 12.8. The highest BCUT2D eigenvalue weighted by atomic mass is 32.1. The summed E-state index contributed by atoms with van der Waals surface area (Å²) < 4.78 is 0. The Balaban J connectivity index is 1.91. The molecular weight excluding hydrogens is 244 g/mol. The predicted molar refractivity (Wildman–Crippen MR) is 75.7 cm³/mol. The second-order valence-electron chi connectivity index (χ2n) is 5.72. The minimum Gasteiger partial charge on any atom is -0.396 e. The lowest BCUT2D eigenvalue weighted by atomic mass is 9.80. The van der Waals surface area contributed by atoms with Gasteiger partial charge in [0.1, 0.15) is 0 Å². The molecule has 1 aliphatic rings. The zero-order valence-corrected chi connectivity index (χ0v) is 12.1. The van der Waals surface area contributed by atoms with Crippen LogP contribution in [0, 0.1) is 5.41 Å². The van der Waals surface area contributed by atoms with Crippen LogP contribution in [0.1, 0.15) is 44.2 Å². The topological polar surface area (TPSA) is 36.4 Å². The van der Waals surface area contributed by atoms with E-state index in [1.807, 2.05) is 5.51 Å². The molecule has 1 heterocycles. The minimum atomic E-state index is 0.126. The highest BCUT2D eigenvalue weighted by molar-refractivity contribution is 7.07. The van der Waals surface area contributed by atoms with E-state index < -0.39 is 0 Å². The fourth-order valence-electron chi connectivity index (χ4n) is 3.07. The van der Waals surface area contributed by atoms with Gasteiger partial charge in [-0.1, -0.05) is 25.7 Å². The smallest absolute Gasteiger partial charge is 0.0795 e. The number of aliphatic hydroxyl groups is 1. The number of aliphatic hydroxyl groups excluding tert-OH is 1. The van der Waals surface area contributed by atoms with E-state index in [-0.39, 0.29) is 5.41 Å². The van der Waals surface area contributed by atoms with Crippen LogP contribution in [0.5, 0.6) is 0 Å². The van der Waals surface area contributed by atoms with Gasteiger partial charge in [0.05, 0.1) is 11.2 Å².